The average Bonchev–Trinajstić information content (AvgIpc) is 4.13. The predicted molar refractivity (Wildman–Crippen MR) is 288 cm³/mol. The highest BCUT2D eigenvalue weighted by molar-refractivity contribution is 6.14. The summed E-state index contributed by atoms with van der Waals surface area (Å²) in [6.45, 7) is 4.72. The smallest absolute Gasteiger partial charge is 0.136 e. The molecule has 3 heteroatoms. The molecule has 14 rings (SSSR count). The van der Waals surface area contributed by atoms with E-state index in [1.165, 1.54) is 66.3 Å². The second-order valence-electron chi connectivity index (χ2n) is 19.2. The summed E-state index contributed by atoms with van der Waals surface area (Å²) >= 11 is 0. The first kappa shape index (κ1) is 39.5. The Bertz CT molecular complexity index is 4240. The average molecular weight is 884 g/mol. The van der Waals surface area contributed by atoms with Gasteiger partial charge < -0.3 is 13.4 Å². The number of aromatic nitrogens is 1. The van der Waals surface area contributed by atoms with Crippen LogP contribution in [0.2, 0.25) is 0 Å². The van der Waals surface area contributed by atoms with Crippen LogP contribution >= 0.6 is 0 Å². The Labute approximate surface area is 399 Å². The normalized spacial score (nSPS) is 13.3. The van der Waals surface area contributed by atoms with Crippen LogP contribution in [0.25, 0.3) is 116 Å². The van der Waals surface area contributed by atoms with Crippen molar-refractivity contribution in [1.82, 2.24) is 4.57 Å². The van der Waals surface area contributed by atoms with E-state index in [4.69, 9.17) is 8.83 Å². The Morgan fingerprint density at radius 1 is 0.449 bits per heavy atom. The third-order valence-corrected chi connectivity index (χ3v) is 14.9. The standard InChI is InChI=1S/C66H45NO2/c1-66(2)56-23-11-9-22-51(56)64-46(17-13-24-57(64)66)35-48(41-15-5-3-6-16-41)36-47-18-14-26-63-65(47)55-40-45(30-34-62(55)69-63)43-28-32-59-53(38-43)52-37-42(27-31-58(52)67(59)49-19-7-4-8-20-49)44-29-33-61-54(39-44)50-21-10-12-25-60(50)68-61/h3-34,36-40H,35H2,1-2H3/b48-36-. The third kappa shape index (κ3) is 6.20. The van der Waals surface area contributed by atoms with Gasteiger partial charge >= 0.3 is 0 Å². The molecule has 0 amide bonds. The minimum Gasteiger partial charge on any atom is -0.456 e. The van der Waals surface area contributed by atoms with Crippen LogP contribution < -0.4 is 0 Å². The lowest BCUT2D eigenvalue weighted by molar-refractivity contribution is 0.660. The van der Waals surface area contributed by atoms with Crippen LogP contribution in [-0.4, -0.2) is 4.57 Å². The first-order chi connectivity index (χ1) is 33.9. The van der Waals surface area contributed by atoms with Crippen LogP contribution in [0.1, 0.15) is 41.7 Å². The molecule has 0 saturated carbocycles. The lowest BCUT2D eigenvalue weighted by atomic mass is 9.82. The number of fused-ring (bicyclic) bond motifs is 12. The molecule has 13 aromatic rings. The van der Waals surface area contributed by atoms with Gasteiger partial charge in [-0.15, -0.1) is 0 Å². The highest BCUT2D eigenvalue weighted by atomic mass is 16.3. The molecule has 326 valence electrons. The molecule has 3 heterocycles. The molecule has 0 radical (unpaired) electrons. The van der Waals surface area contributed by atoms with Gasteiger partial charge in [0, 0.05) is 43.4 Å². The maximum atomic E-state index is 6.65. The van der Waals surface area contributed by atoms with Gasteiger partial charge in [-0.25, -0.2) is 0 Å². The van der Waals surface area contributed by atoms with Gasteiger partial charge in [-0.1, -0.05) is 166 Å². The number of nitrogens with zero attached hydrogens (tertiary/aromatic N) is 1. The van der Waals surface area contributed by atoms with Gasteiger partial charge in [0.15, 0.2) is 0 Å². The highest BCUT2D eigenvalue weighted by Crippen LogP contribution is 2.51. The van der Waals surface area contributed by atoms with Crippen LogP contribution in [0.4, 0.5) is 0 Å². The number of hydrogen-bond acceptors (Lipinski definition) is 2. The molecule has 10 aromatic carbocycles. The van der Waals surface area contributed by atoms with E-state index in [-0.39, 0.29) is 5.41 Å². The van der Waals surface area contributed by atoms with Crippen molar-refractivity contribution in [1.29, 1.82) is 0 Å². The molecule has 69 heavy (non-hydrogen) atoms. The van der Waals surface area contributed by atoms with E-state index in [0.29, 0.717) is 0 Å². The zero-order chi connectivity index (χ0) is 45.8. The Hall–Kier alpha value is -8.66. The van der Waals surface area contributed by atoms with Crippen molar-refractivity contribution < 1.29 is 8.83 Å². The molecule has 0 spiro atoms. The summed E-state index contributed by atoms with van der Waals surface area (Å²) in [5.74, 6) is 0. The Morgan fingerprint density at radius 3 is 1.75 bits per heavy atom. The monoisotopic (exact) mass is 883 g/mol. The zero-order valence-electron chi connectivity index (χ0n) is 38.3. The second kappa shape index (κ2) is 15.2. The maximum absolute atomic E-state index is 6.65. The van der Waals surface area contributed by atoms with Crippen molar-refractivity contribution >= 4 is 77.3 Å². The van der Waals surface area contributed by atoms with Gasteiger partial charge in [-0.2, -0.15) is 0 Å². The summed E-state index contributed by atoms with van der Waals surface area (Å²) in [5.41, 5.74) is 22.1. The molecule has 0 aliphatic heterocycles. The molecule has 0 saturated heterocycles. The SMILES string of the molecule is CC1(C)c2ccccc2-c2c(C/C(=C/c3cccc4oc5ccc(-c6ccc7c(c6)c6cc(-c8ccc9oc%10ccccc%10c9c8)ccc6n7-c6ccccc6)cc5c34)c3ccccc3)cccc21. The number of allylic oxidation sites excluding steroid dienone is 1. The minimum absolute atomic E-state index is 0.0591. The van der Waals surface area contributed by atoms with E-state index in [2.05, 4.69) is 231 Å². The second-order valence-corrected chi connectivity index (χ2v) is 19.2. The molecule has 1 aliphatic carbocycles. The first-order valence-electron chi connectivity index (χ1n) is 23.9. The number of hydrogen-bond donors (Lipinski definition) is 0. The van der Waals surface area contributed by atoms with Crippen molar-refractivity contribution in [3.8, 4) is 39.1 Å². The molecular formula is C66H45NO2. The molecule has 0 N–H and O–H groups in total. The molecule has 0 unspecified atom stereocenters. The summed E-state index contributed by atoms with van der Waals surface area (Å²) < 4.78 is 15.3. The molecule has 0 fully saturated rings. The van der Waals surface area contributed by atoms with Crippen molar-refractivity contribution in [2.75, 3.05) is 0 Å². The fourth-order valence-electron chi connectivity index (χ4n) is 11.6. The maximum Gasteiger partial charge on any atom is 0.136 e. The molecule has 3 nitrogen and oxygen atoms in total. The molecule has 0 bridgehead atoms. The summed E-state index contributed by atoms with van der Waals surface area (Å²) in [4.78, 5) is 0. The van der Waals surface area contributed by atoms with E-state index in [0.717, 1.165) is 78.2 Å². The number of furan rings is 2. The van der Waals surface area contributed by atoms with Crippen LogP contribution in [0.5, 0.6) is 0 Å². The molecular weight excluding hydrogens is 839 g/mol. The lowest BCUT2D eigenvalue weighted by Crippen LogP contribution is -2.14. The molecule has 1 aliphatic rings. The van der Waals surface area contributed by atoms with Gasteiger partial charge in [-0.3, -0.25) is 0 Å². The third-order valence-electron chi connectivity index (χ3n) is 14.9. The topological polar surface area (TPSA) is 31.2 Å². The summed E-state index contributed by atoms with van der Waals surface area (Å²) in [6.07, 6.45) is 3.20. The largest absolute Gasteiger partial charge is 0.456 e. The van der Waals surface area contributed by atoms with Crippen LogP contribution in [0.3, 0.4) is 0 Å². The van der Waals surface area contributed by atoms with Gasteiger partial charge in [0.25, 0.3) is 0 Å². The fraction of sp³-hybridized carbons (Fsp3) is 0.0606. The molecule has 0 atom stereocenters. The van der Waals surface area contributed by atoms with Gasteiger partial charge in [0.05, 0.1) is 11.0 Å². The highest BCUT2D eigenvalue weighted by Gasteiger charge is 2.36. The van der Waals surface area contributed by atoms with Gasteiger partial charge in [-0.05, 0) is 146 Å². The minimum atomic E-state index is -0.0591. The van der Waals surface area contributed by atoms with E-state index in [1.807, 2.05) is 12.1 Å². The van der Waals surface area contributed by atoms with E-state index < -0.39 is 0 Å². The lowest BCUT2D eigenvalue weighted by Gasteiger charge is -2.21. The first-order valence-corrected chi connectivity index (χ1v) is 23.9. The Morgan fingerprint density at radius 2 is 1.00 bits per heavy atom. The van der Waals surface area contributed by atoms with Crippen molar-refractivity contribution in [3.05, 3.63) is 246 Å². The Kier molecular flexibility index (Phi) is 8.69. The van der Waals surface area contributed by atoms with E-state index >= 15 is 0 Å². The zero-order valence-corrected chi connectivity index (χ0v) is 38.3. The van der Waals surface area contributed by atoms with Gasteiger partial charge in [0.2, 0.25) is 0 Å². The molecule has 3 aromatic heterocycles. The summed E-state index contributed by atoms with van der Waals surface area (Å²) in [7, 11) is 0. The van der Waals surface area contributed by atoms with Crippen LogP contribution in [0.15, 0.2) is 227 Å². The van der Waals surface area contributed by atoms with Crippen molar-refractivity contribution in [3.63, 3.8) is 0 Å². The van der Waals surface area contributed by atoms with Gasteiger partial charge in [0.1, 0.15) is 22.3 Å². The number of para-hydroxylation sites is 2. The Balaban J connectivity index is 0.912. The summed E-state index contributed by atoms with van der Waals surface area (Å²) in [6, 6.07) is 79.3. The van der Waals surface area contributed by atoms with Crippen molar-refractivity contribution in [2.45, 2.75) is 25.7 Å². The number of rotatable bonds is 7. The number of benzene rings is 10. The van der Waals surface area contributed by atoms with Crippen LogP contribution in [-0.2, 0) is 11.8 Å². The van der Waals surface area contributed by atoms with E-state index in [1.54, 1.807) is 0 Å². The quantitative estimate of drug-likeness (QED) is 0.149. The van der Waals surface area contributed by atoms with Crippen LogP contribution in [0, 0.1) is 0 Å². The van der Waals surface area contributed by atoms with Crippen molar-refractivity contribution in [2.24, 2.45) is 0 Å². The van der Waals surface area contributed by atoms with E-state index in [9.17, 15) is 0 Å². The predicted octanol–water partition coefficient (Wildman–Crippen LogP) is 18.0. The summed E-state index contributed by atoms with van der Waals surface area (Å²) in [5, 5.41) is 6.90. The fourth-order valence-corrected chi connectivity index (χ4v) is 11.6.